The van der Waals surface area contributed by atoms with E-state index in [1.165, 1.54) is 7.05 Å². The Morgan fingerprint density at radius 2 is 2.04 bits per heavy atom. The van der Waals surface area contributed by atoms with Crippen LogP contribution in [0, 0.1) is 5.41 Å². The SMILES string of the molecule is CN1C(=O)NC(=O)[C@]2(Cc3ccccc3N3CCSC[C@@H]32)C1=O. The molecule has 0 bridgehead atoms. The van der Waals surface area contributed by atoms with E-state index in [1.807, 2.05) is 24.3 Å². The lowest BCUT2D eigenvalue weighted by molar-refractivity contribution is -0.152. The first-order valence-corrected chi connectivity index (χ1v) is 8.77. The Kier molecular flexibility index (Phi) is 3.16. The third-order valence-corrected chi connectivity index (χ3v) is 6.11. The number of amides is 4. The molecule has 3 aliphatic rings. The number of rotatable bonds is 0. The average molecular weight is 331 g/mol. The molecular formula is C16H17N3O3S. The molecule has 1 aromatic rings. The number of fused-ring (bicyclic) bond motifs is 4. The summed E-state index contributed by atoms with van der Waals surface area (Å²) in [6.07, 6.45) is 0.340. The minimum absolute atomic E-state index is 0.223. The number of urea groups is 1. The van der Waals surface area contributed by atoms with Crippen molar-refractivity contribution in [3.63, 3.8) is 0 Å². The van der Waals surface area contributed by atoms with E-state index in [1.54, 1.807) is 11.8 Å². The van der Waals surface area contributed by atoms with Gasteiger partial charge >= 0.3 is 6.03 Å². The molecule has 0 aliphatic carbocycles. The van der Waals surface area contributed by atoms with Crippen molar-refractivity contribution >= 4 is 35.3 Å². The molecule has 4 amide bonds. The standard InChI is InChI=1S/C16H17N3O3S/c1-18-14(21)16(13(20)17-15(18)22)8-10-4-2-3-5-11(10)19-6-7-23-9-12(16)19/h2-5,12H,6-9H2,1H3,(H,17,20,22)/t12-,16-/m1/s1. The van der Waals surface area contributed by atoms with E-state index in [2.05, 4.69) is 10.2 Å². The van der Waals surface area contributed by atoms with E-state index < -0.39 is 23.3 Å². The van der Waals surface area contributed by atoms with Gasteiger partial charge in [-0.15, -0.1) is 0 Å². The van der Waals surface area contributed by atoms with E-state index in [0.717, 1.165) is 28.4 Å². The Morgan fingerprint density at radius 3 is 2.87 bits per heavy atom. The molecule has 3 heterocycles. The number of carbonyl (C=O) groups is 3. The molecule has 1 N–H and O–H groups in total. The number of para-hydroxylation sites is 1. The Hall–Kier alpha value is -2.02. The summed E-state index contributed by atoms with van der Waals surface area (Å²) in [5.41, 5.74) is 0.871. The van der Waals surface area contributed by atoms with Crippen LogP contribution in [0.25, 0.3) is 0 Å². The smallest absolute Gasteiger partial charge is 0.330 e. The summed E-state index contributed by atoms with van der Waals surface area (Å²) in [7, 11) is 1.44. The maximum absolute atomic E-state index is 13.0. The summed E-state index contributed by atoms with van der Waals surface area (Å²) in [5.74, 6) is 0.817. The van der Waals surface area contributed by atoms with E-state index >= 15 is 0 Å². The van der Waals surface area contributed by atoms with Gasteiger partial charge in [-0.3, -0.25) is 19.8 Å². The van der Waals surface area contributed by atoms with Gasteiger partial charge in [-0.1, -0.05) is 18.2 Å². The molecule has 4 rings (SSSR count). The van der Waals surface area contributed by atoms with Gasteiger partial charge in [0.05, 0.1) is 6.04 Å². The van der Waals surface area contributed by atoms with Gasteiger partial charge in [-0.2, -0.15) is 11.8 Å². The molecule has 0 unspecified atom stereocenters. The Balaban J connectivity index is 1.89. The predicted octanol–water partition coefficient (Wildman–Crippen LogP) is 0.859. The van der Waals surface area contributed by atoms with Crippen LogP contribution < -0.4 is 10.2 Å². The summed E-state index contributed by atoms with van der Waals surface area (Å²) in [4.78, 5) is 40.8. The van der Waals surface area contributed by atoms with Crippen molar-refractivity contribution in [3.8, 4) is 0 Å². The first kappa shape index (κ1) is 14.6. The van der Waals surface area contributed by atoms with Gasteiger partial charge < -0.3 is 4.90 Å². The van der Waals surface area contributed by atoms with Crippen molar-refractivity contribution in [2.24, 2.45) is 5.41 Å². The minimum Gasteiger partial charge on any atom is -0.365 e. The largest absolute Gasteiger partial charge is 0.365 e. The summed E-state index contributed by atoms with van der Waals surface area (Å²) in [5, 5.41) is 2.38. The van der Waals surface area contributed by atoms with Crippen LogP contribution >= 0.6 is 11.8 Å². The number of nitrogens with zero attached hydrogens (tertiary/aromatic N) is 2. The number of benzene rings is 1. The topological polar surface area (TPSA) is 69.7 Å². The fourth-order valence-corrected chi connectivity index (χ4v) is 5.07. The summed E-state index contributed by atoms with van der Waals surface area (Å²) in [6.45, 7) is 0.798. The fraction of sp³-hybridized carbons (Fsp3) is 0.438. The van der Waals surface area contributed by atoms with Gasteiger partial charge in [0.1, 0.15) is 0 Å². The van der Waals surface area contributed by atoms with E-state index in [9.17, 15) is 14.4 Å². The van der Waals surface area contributed by atoms with Crippen molar-refractivity contribution in [3.05, 3.63) is 29.8 Å². The lowest BCUT2D eigenvalue weighted by Crippen LogP contribution is -2.72. The van der Waals surface area contributed by atoms with Crippen LogP contribution in [0.1, 0.15) is 5.56 Å². The van der Waals surface area contributed by atoms with Gasteiger partial charge in [0.2, 0.25) is 11.8 Å². The average Bonchev–Trinajstić information content (AvgIpc) is 2.58. The number of nitrogens with one attached hydrogen (secondary N) is 1. The normalized spacial score (nSPS) is 30.1. The van der Waals surface area contributed by atoms with Gasteiger partial charge in [0.25, 0.3) is 0 Å². The second-order valence-corrected chi connectivity index (χ2v) is 7.33. The van der Waals surface area contributed by atoms with Gasteiger partial charge in [0, 0.05) is 30.8 Å². The zero-order valence-electron chi connectivity index (χ0n) is 12.7. The number of hydrogen-bond donors (Lipinski definition) is 1. The van der Waals surface area contributed by atoms with Crippen LogP contribution in [0.3, 0.4) is 0 Å². The molecule has 7 heteroatoms. The van der Waals surface area contributed by atoms with Crippen molar-refractivity contribution in [1.29, 1.82) is 0 Å². The van der Waals surface area contributed by atoms with Crippen LogP contribution in [0.15, 0.2) is 24.3 Å². The highest BCUT2D eigenvalue weighted by Crippen LogP contribution is 2.46. The number of hydrogen-bond acceptors (Lipinski definition) is 5. The zero-order valence-corrected chi connectivity index (χ0v) is 13.6. The molecule has 2 atom stereocenters. The summed E-state index contributed by atoms with van der Waals surface area (Å²) < 4.78 is 0. The molecule has 1 spiro atoms. The number of imide groups is 2. The molecule has 0 aromatic heterocycles. The van der Waals surface area contributed by atoms with Crippen LogP contribution in [0.5, 0.6) is 0 Å². The van der Waals surface area contributed by atoms with E-state index in [4.69, 9.17) is 0 Å². The number of barbiturate groups is 1. The molecule has 6 nitrogen and oxygen atoms in total. The molecule has 0 saturated carbocycles. The molecule has 120 valence electrons. The first-order valence-electron chi connectivity index (χ1n) is 7.61. The van der Waals surface area contributed by atoms with Crippen LogP contribution in [-0.2, 0) is 16.0 Å². The lowest BCUT2D eigenvalue weighted by atomic mass is 9.69. The molecule has 23 heavy (non-hydrogen) atoms. The fourth-order valence-electron chi connectivity index (χ4n) is 3.89. The van der Waals surface area contributed by atoms with Gasteiger partial charge in [-0.25, -0.2) is 4.79 Å². The van der Waals surface area contributed by atoms with Crippen LogP contribution in [0.2, 0.25) is 0 Å². The number of thioether (sulfide) groups is 1. The van der Waals surface area contributed by atoms with E-state index in [0.29, 0.717) is 12.2 Å². The number of carbonyl (C=O) groups excluding carboxylic acids is 3. The third-order valence-electron chi connectivity index (χ3n) is 5.08. The molecular weight excluding hydrogens is 314 g/mol. The Labute approximate surface area is 138 Å². The summed E-state index contributed by atoms with van der Waals surface area (Å²) in [6, 6.07) is 7.05. The summed E-state index contributed by atoms with van der Waals surface area (Å²) >= 11 is 1.75. The number of anilines is 1. The monoisotopic (exact) mass is 331 g/mol. The molecule has 0 radical (unpaired) electrons. The molecule has 2 saturated heterocycles. The third kappa shape index (κ3) is 1.86. The quantitative estimate of drug-likeness (QED) is 0.714. The zero-order chi connectivity index (χ0) is 16.2. The van der Waals surface area contributed by atoms with Crippen LogP contribution in [0.4, 0.5) is 10.5 Å². The van der Waals surface area contributed by atoms with Crippen molar-refractivity contribution < 1.29 is 14.4 Å². The van der Waals surface area contributed by atoms with Crippen LogP contribution in [-0.4, -0.2) is 53.9 Å². The second-order valence-electron chi connectivity index (χ2n) is 6.18. The molecule has 1 aromatic carbocycles. The minimum atomic E-state index is -1.22. The molecule has 2 fully saturated rings. The Bertz CT molecular complexity index is 722. The maximum Gasteiger partial charge on any atom is 0.330 e. The lowest BCUT2D eigenvalue weighted by Gasteiger charge is -2.53. The highest BCUT2D eigenvalue weighted by Gasteiger charge is 2.61. The predicted molar refractivity (Wildman–Crippen MR) is 87.3 cm³/mol. The van der Waals surface area contributed by atoms with Gasteiger partial charge in [-0.05, 0) is 18.1 Å². The highest BCUT2D eigenvalue weighted by molar-refractivity contribution is 7.99. The van der Waals surface area contributed by atoms with E-state index in [-0.39, 0.29) is 6.04 Å². The second kappa shape index (κ2) is 4.99. The maximum atomic E-state index is 13.0. The van der Waals surface area contributed by atoms with Crippen molar-refractivity contribution in [2.45, 2.75) is 12.5 Å². The highest BCUT2D eigenvalue weighted by atomic mass is 32.2. The molecule has 3 aliphatic heterocycles. The van der Waals surface area contributed by atoms with Gasteiger partial charge in [0.15, 0.2) is 5.41 Å². The van der Waals surface area contributed by atoms with Crippen molar-refractivity contribution in [1.82, 2.24) is 10.2 Å². The first-order chi connectivity index (χ1) is 11.1. The Morgan fingerprint density at radius 1 is 1.26 bits per heavy atom. The van der Waals surface area contributed by atoms with Crippen molar-refractivity contribution in [2.75, 3.05) is 30.0 Å².